The second-order valence-corrected chi connectivity index (χ2v) is 4.02. The molecule has 92 valence electrons. The van der Waals surface area contributed by atoms with Gasteiger partial charge in [0.2, 0.25) is 0 Å². The Morgan fingerprint density at radius 3 is 2.47 bits per heavy atom. The minimum atomic E-state index is 0.0386. The summed E-state index contributed by atoms with van der Waals surface area (Å²) < 4.78 is 10.7. The van der Waals surface area contributed by atoms with Crippen LogP contribution < -0.4 is 9.47 Å². The molecule has 0 bridgehead atoms. The molecule has 0 radical (unpaired) electrons. The first kappa shape index (κ1) is 13.4. The molecule has 1 aromatic rings. The molecule has 17 heavy (non-hydrogen) atoms. The zero-order chi connectivity index (χ0) is 12.8. The predicted octanol–water partition coefficient (Wildman–Crippen LogP) is 3.10. The lowest BCUT2D eigenvalue weighted by Crippen LogP contribution is -2.04. The van der Waals surface area contributed by atoms with Crippen LogP contribution in [-0.4, -0.2) is 14.2 Å². The fourth-order valence-corrected chi connectivity index (χ4v) is 1.94. The molecule has 1 aromatic carbocycles. The van der Waals surface area contributed by atoms with Crippen molar-refractivity contribution in [3.8, 4) is 17.6 Å². The third-order valence-corrected chi connectivity index (χ3v) is 3.00. The third kappa shape index (κ3) is 2.91. The van der Waals surface area contributed by atoms with E-state index in [1.165, 1.54) is 0 Å². The fraction of sp³-hybridized carbons (Fsp3) is 0.500. The average Bonchev–Trinajstić information content (AvgIpc) is 2.36. The summed E-state index contributed by atoms with van der Waals surface area (Å²) in [6.07, 6.45) is 1.58. The van der Waals surface area contributed by atoms with Gasteiger partial charge in [0, 0.05) is 5.56 Å². The van der Waals surface area contributed by atoms with Gasteiger partial charge in [-0.05, 0) is 31.4 Å². The Morgan fingerprint density at radius 2 is 2.00 bits per heavy atom. The highest BCUT2D eigenvalue weighted by molar-refractivity contribution is 5.49. The summed E-state index contributed by atoms with van der Waals surface area (Å²) in [6, 6.07) is 6.22. The number of ether oxygens (including phenoxy) is 2. The molecule has 0 amide bonds. The lowest BCUT2D eigenvalue weighted by Gasteiger charge is -2.15. The van der Waals surface area contributed by atoms with Crippen molar-refractivity contribution in [2.45, 2.75) is 26.7 Å². The number of hydrogen-bond donors (Lipinski definition) is 0. The summed E-state index contributed by atoms with van der Waals surface area (Å²) in [7, 11) is 3.30. The van der Waals surface area contributed by atoms with E-state index in [2.05, 4.69) is 6.07 Å². The van der Waals surface area contributed by atoms with Crippen molar-refractivity contribution in [3.63, 3.8) is 0 Å². The summed E-state index contributed by atoms with van der Waals surface area (Å²) in [4.78, 5) is 0. The summed E-state index contributed by atoms with van der Waals surface area (Å²) in [5, 5.41) is 9.01. The number of nitriles is 1. The van der Waals surface area contributed by atoms with Gasteiger partial charge >= 0.3 is 0 Å². The van der Waals surface area contributed by atoms with Crippen LogP contribution in [0.5, 0.6) is 11.5 Å². The van der Waals surface area contributed by atoms with Gasteiger partial charge in [0.1, 0.15) is 11.5 Å². The monoisotopic (exact) mass is 233 g/mol. The molecule has 0 saturated heterocycles. The molecule has 0 saturated carbocycles. The SMILES string of the molecule is CCC(C#N)Cc1ccc(OC)c(C)c1OC. The van der Waals surface area contributed by atoms with E-state index in [0.29, 0.717) is 0 Å². The van der Waals surface area contributed by atoms with E-state index < -0.39 is 0 Å². The Labute approximate surface area is 103 Å². The molecule has 0 aliphatic rings. The van der Waals surface area contributed by atoms with Gasteiger partial charge in [0.15, 0.2) is 0 Å². The van der Waals surface area contributed by atoms with E-state index in [-0.39, 0.29) is 5.92 Å². The molecule has 1 atom stereocenters. The van der Waals surface area contributed by atoms with Crippen LogP contribution >= 0.6 is 0 Å². The van der Waals surface area contributed by atoms with Gasteiger partial charge in [-0.1, -0.05) is 13.0 Å². The van der Waals surface area contributed by atoms with Gasteiger partial charge in [-0.25, -0.2) is 0 Å². The number of benzene rings is 1. The second kappa shape index (κ2) is 6.15. The van der Waals surface area contributed by atoms with Crippen molar-refractivity contribution >= 4 is 0 Å². The Hall–Kier alpha value is -1.69. The zero-order valence-corrected chi connectivity index (χ0v) is 10.9. The van der Waals surface area contributed by atoms with Gasteiger partial charge in [0.25, 0.3) is 0 Å². The lowest BCUT2D eigenvalue weighted by molar-refractivity contribution is 0.384. The van der Waals surface area contributed by atoms with Crippen molar-refractivity contribution in [2.24, 2.45) is 5.92 Å². The maximum atomic E-state index is 9.01. The van der Waals surface area contributed by atoms with Crippen molar-refractivity contribution in [1.82, 2.24) is 0 Å². The number of rotatable bonds is 5. The van der Waals surface area contributed by atoms with Crippen LogP contribution in [0.1, 0.15) is 24.5 Å². The van der Waals surface area contributed by atoms with Crippen LogP contribution in [0.2, 0.25) is 0 Å². The molecule has 0 aliphatic heterocycles. The molecule has 3 nitrogen and oxygen atoms in total. The number of hydrogen-bond acceptors (Lipinski definition) is 3. The number of nitrogens with zero attached hydrogens (tertiary/aromatic N) is 1. The van der Waals surface area contributed by atoms with E-state index in [9.17, 15) is 0 Å². The molecule has 0 N–H and O–H groups in total. The summed E-state index contributed by atoms with van der Waals surface area (Å²) >= 11 is 0. The highest BCUT2D eigenvalue weighted by Crippen LogP contribution is 2.32. The minimum absolute atomic E-state index is 0.0386. The Balaban J connectivity index is 3.09. The van der Waals surface area contributed by atoms with Crippen LogP contribution in [-0.2, 0) is 6.42 Å². The van der Waals surface area contributed by atoms with E-state index in [1.54, 1.807) is 14.2 Å². The van der Waals surface area contributed by atoms with Crippen molar-refractivity contribution < 1.29 is 9.47 Å². The van der Waals surface area contributed by atoms with E-state index >= 15 is 0 Å². The minimum Gasteiger partial charge on any atom is -0.496 e. The maximum absolute atomic E-state index is 9.01. The number of methoxy groups -OCH3 is 2. The van der Waals surface area contributed by atoms with Crippen molar-refractivity contribution in [2.75, 3.05) is 14.2 Å². The first-order chi connectivity index (χ1) is 8.17. The van der Waals surface area contributed by atoms with Crippen LogP contribution in [0.3, 0.4) is 0 Å². The Morgan fingerprint density at radius 1 is 1.29 bits per heavy atom. The first-order valence-corrected chi connectivity index (χ1v) is 5.77. The second-order valence-electron chi connectivity index (χ2n) is 4.02. The standard InChI is InChI=1S/C14H19NO2/c1-5-11(9-15)8-12-6-7-13(16-3)10(2)14(12)17-4/h6-7,11H,5,8H2,1-4H3. The quantitative estimate of drug-likeness (QED) is 0.784. The third-order valence-electron chi connectivity index (χ3n) is 3.00. The van der Waals surface area contributed by atoms with Crippen molar-refractivity contribution in [3.05, 3.63) is 23.3 Å². The maximum Gasteiger partial charge on any atom is 0.128 e. The van der Waals surface area contributed by atoms with E-state index in [0.717, 1.165) is 35.5 Å². The normalized spacial score (nSPS) is 11.7. The fourth-order valence-electron chi connectivity index (χ4n) is 1.94. The summed E-state index contributed by atoms with van der Waals surface area (Å²) in [5.41, 5.74) is 2.06. The molecule has 0 spiro atoms. The molecular formula is C14H19NO2. The topological polar surface area (TPSA) is 42.2 Å². The molecule has 0 aliphatic carbocycles. The van der Waals surface area contributed by atoms with Gasteiger partial charge in [-0.2, -0.15) is 5.26 Å². The molecule has 0 heterocycles. The van der Waals surface area contributed by atoms with Crippen LogP contribution in [0, 0.1) is 24.2 Å². The predicted molar refractivity (Wildman–Crippen MR) is 67.4 cm³/mol. The molecule has 1 rings (SSSR count). The Kier molecular flexibility index (Phi) is 4.84. The van der Waals surface area contributed by atoms with E-state index in [1.807, 2.05) is 26.0 Å². The van der Waals surface area contributed by atoms with Gasteiger partial charge in [-0.3, -0.25) is 0 Å². The Bertz CT molecular complexity index is 421. The van der Waals surface area contributed by atoms with Crippen LogP contribution in [0.25, 0.3) is 0 Å². The lowest BCUT2D eigenvalue weighted by atomic mass is 9.96. The highest BCUT2D eigenvalue weighted by atomic mass is 16.5. The van der Waals surface area contributed by atoms with Crippen LogP contribution in [0.4, 0.5) is 0 Å². The summed E-state index contributed by atoms with van der Waals surface area (Å²) in [6.45, 7) is 3.99. The molecule has 0 aromatic heterocycles. The largest absolute Gasteiger partial charge is 0.496 e. The molecule has 0 fully saturated rings. The van der Waals surface area contributed by atoms with Crippen LogP contribution in [0.15, 0.2) is 12.1 Å². The average molecular weight is 233 g/mol. The van der Waals surface area contributed by atoms with Gasteiger partial charge in [0.05, 0.1) is 26.2 Å². The summed E-state index contributed by atoms with van der Waals surface area (Å²) in [5.74, 6) is 1.69. The smallest absolute Gasteiger partial charge is 0.128 e. The highest BCUT2D eigenvalue weighted by Gasteiger charge is 2.14. The zero-order valence-electron chi connectivity index (χ0n) is 10.9. The van der Waals surface area contributed by atoms with Crippen molar-refractivity contribution in [1.29, 1.82) is 5.26 Å². The molecular weight excluding hydrogens is 214 g/mol. The molecule has 1 unspecified atom stereocenters. The van der Waals surface area contributed by atoms with Gasteiger partial charge in [-0.15, -0.1) is 0 Å². The van der Waals surface area contributed by atoms with E-state index in [4.69, 9.17) is 14.7 Å². The van der Waals surface area contributed by atoms with Gasteiger partial charge < -0.3 is 9.47 Å². The molecule has 3 heteroatoms. The first-order valence-electron chi connectivity index (χ1n) is 5.77.